The molecule has 0 amide bonds. The van der Waals surface area contributed by atoms with E-state index in [-0.39, 0.29) is 6.61 Å². The fourth-order valence-corrected chi connectivity index (χ4v) is 2.68. The van der Waals surface area contributed by atoms with Gasteiger partial charge in [-0.05, 0) is 56.5 Å². The average Bonchev–Trinajstić information content (AvgIpc) is 2.94. The SMILES string of the molecule is Cc1ccc(-n2nc(CCO)nc2-c2cc(C)c(C)cn2)c(C)c1. The average molecular weight is 322 g/mol. The molecule has 1 N–H and O–H groups in total. The lowest BCUT2D eigenvalue weighted by Crippen LogP contribution is -2.04. The second-order valence-corrected chi connectivity index (χ2v) is 6.18. The Morgan fingerprint density at radius 3 is 2.46 bits per heavy atom. The quantitative estimate of drug-likeness (QED) is 0.801. The Kier molecular flexibility index (Phi) is 4.44. The zero-order valence-corrected chi connectivity index (χ0v) is 14.5. The molecule has 0 spiro atoms. The van der Waals surface area contributed by atoms with Crippen molar-refractivity contribution in [1.82, 2.24) is 19.7 Å². The number of rotatable bonds is 4. The first kappa shape index (κ1) is 16.3. The van der Waals surface area contributed by atoms with E-state index >= 15 is 0 Å². The first-order valence-electron chi connectivity index (χ1n) is 8.07. The maximum absolute atomic E-state index is 9.23. The van der Waals surface area contributed by atoms with E-state index in [1.54, 1.807) is 0 Å². The molecule has 0 aliphatic heterocycles. The molecule has 5 nitrogen and oxygen atoms in total. The zero-order valence-electron chi connectivity index (χ0n) is 14.5. The van der Waals surface area contributed by atoms with Crippen LogP contribution in [0, 0.1) is 27.7 Å². The van der Waals surface area contributed by atoms with Crippen molar-refractivity contribution >= 4 is 0 Å². The Balaban J connectivity index is 2.19. The monoisotopic (exact) mass is 322 g/mol. The number of hydrogen-bond donors (Lipinski definition) is 1. The van der Waals surface area contributed by atoms with Crippen molar-refractivity contribution in [2.45, 2.75) is 34.1 Å². The highest BCUT2D eigenvalue weighted by molar-refractivity contribution is 5.56. The van der Waals surface area contributed by atoms with Crippen LogP contribution in [-0.2, 0) is 6.42 Å². The Labute approximate surface area is 142 Å². The number of aromatic nitrogens is 4. The topological polar surface area (TPSA) is 63.8 Å². The predicted molar refractivity (Wildman–Crippen MR) is 94.3 cm³/mol. The van der Waals surface area contributed by atoms with Crippen LogP contribution in [0.1, 0.15) is 28.1 Å². The van der Waals surface area contributed by atoms with E-state index in [4.69, 9.17) is 0 Å². The number of pyridine rings is 1. The summed E-state index contributed by atoms with van der Waals surface area (Å²) < 4.78 is 1.83. The van der Waals surface area contributed by atoms with Gasteiger partial charge in [-0.25, -0.2) is 9.67 Å². The van der Waals surface area contributed by atoms with Crippen LogP contribution in [0.4, 0.5) is 0 Å². The number of nitrogens with zero attached hydrogens (tertiary/aromatic N) is 4. The van der Waals surface area contributed by atoms with E-state index in [9.17, 15) is 5.11 Å². The third-order valence-corrected chi connectivity index (χ3v) is 4.17. The van der Waals surface area contributed by atoms with Gasteiger partial charge in [0, 0.05) is 12.6 Å². The molecule has 0 aliphatic rings. The van der Waals surface area contributed by atoms with E-state index in [0.717, 1.165) is 22.5 Å². The molecular weight excluding hydrogens is 300 g/mol. The van der Waals surface area contributed by atoms with Crippen LogP contribution in [0.3, 0.4) is 0 Å². The standard InChI is InChI=1S/C19H22N4O/c1-12-5-6-17(14(3)9-12)23-19(21-18(22-23)7-8-24)16-10-13(2)15(4)11-20-16/h5-6,9-11,24H,7-8H2,1-4H3. The summed E-state index contributed by atoms with van der Waals surface area (Å²) in [6, 6.07) is 8.27. The van der Waals surface area contributed by atoms with Gasteiger partial charge in [-0.15, -0.1) is 0 Å². The molecule has 124 valence electrons. The van der Waals surface area contributed by atoms with E-state index in [1.807, 2.05) is 29.9 Å². The summed E-state index contributed by atoms with van der Waals surface area (Å²) in [5, 5.41) is 13.8. The van der Waals surface area contributed by atoms with Gasteiger partial charge in [-0.1, -0.05) is 17.7 Å². The summed E-state index contributed by atoms with van der Waals surface area (Å²) >= 11 is 0. The van der Waals surface area contributed by atoms with Gasteiger partial charge >= 0.3 is 0 Å². The van der Waals surface area contributed by atoms with Crippen molar-refractivity contribution in [3.63, 3.8) is 0 Å². The van der Waals surface area contributed by atoms with Gasteiger partial charge in [0.15, 0.2) is 11.6 Å². The van der Waals surface area contributed by atoms with Crippen molar-refractivity contribution < 1.29 is 5.11 Å². The summed E-state index contributed by atoms with van der Waals surface area (Å²) in [5.41, 5.74) is 6.41. The summed E-state index contributed by atoms with van der Waals surface area (Å²) in [4.78, 5) is 9.14. The van der Waals surface area contributed by atoms with Crippen molar-refractivity contribution in [3.05, 3.63) is 58.5 Å². The Morgan fingerprint density at radius 1 is 1.00 bits per heavy atom. The summed E-state index contributed by atoms with van der Waals surface area (Å²) in [6.07, 6.45) is 2.28. The predicted octanol–water partition coefficient (Wildman–Crippen LogP) is 3.10. The minimum Gasteiger partial charge on any atom is -0.396 e. The largest absolute Gasteiger partial charge is 0.396 e. The molecule has 1 aromatic carbocycles. The first-order chi connectivity index (χ1) is 11.5. The second kappa shape index (κ2) is 6.53. The molecule has 0 aliphatic carbocycles. The summed E-state index contributed by atoms with van der Waals surface area (Å²) in [6.45, 7) is 8.26. The van der Waals surface area contributed by atoms with Crippen LogP contribution >= 0.6 is 0 Å². The molecule has 2 aromatic heterocycles. The maximum atomic E-state index is 9.23. The van der Waals surface area contributed by atoms with Gasteiger partial charge in [0.1, 0.15) is 5.69 Å². The van der Waals surface area contributed by atoms with Crippen molar-refractivity contribution in [2.24, 2.45) is 0 Å². The fraction of sp³-hybridized carbons (Fsp3) is 0.316. The molecule has 0 saturated carbocycles. The Morgan fingerprint density at radius 2 is 1.79 bits per heavy atom. The minimum atomic E-state index is 0.0245. The van der Waals surface area contributed by atoms with Crippen LogP contribution in [-0.4, -0.2) is 31.5 Å². The molecule has 0 saturated heterocycles. The fourth-order valence-electron chi connectivity index (χ4n) is 2.68. The van der Waals surface area contributed by atoms with Crippen LogP contribution in [0.5, 0.6) is 0 Å². The molecule has 0 unspecified atom stereocenters. The van der Waals surface area contributed by atoms with Crippen molar-refractivity contribution in [2.75, 3.05) is 6.61 Å². The summed E-state index contributed by atoms with van der Waals surface area (Å²) in [5.74, 6) is 1.32. The highest BCUT2D eigenvalue weighted by Gasteiger charge is 2.16. The molecule has 0 atom stereocenters. The second-order valence-electron chi connectivity index (χ2n) is 6.18. The molecule has 0 radical (unpaired) electrons. The van der Waals surface area contributed by atoms with Gasteiger partial charge in [0.25, 0.3) is 0 Å². The molecule has 3 rings (SSSR count). The normalized spacial score (nSPS) is 11.0. The van der Waals surface area contributed by atoms with Gasteiger partial charge in [0.05, 0.1) is 12.3 Å². The Bertz CT molecular complexity index is 883. The van der Waals surface area contributed by atoms with Crippen LogP contribution in [0.15, 0.2) is 30.5 Å². The third kappa shape index (κ3) is 3.08. The highest BCUT2D eigenvalue weighted by atomic mass is 16.3. The smallest absolute Gasteiger partial charge is 0.181 e. The molecular formula is C19H22N4O. The van der Waals surface area contributed by atoms with Crippen molar-refractivity contribution in [1.29, 1.82) is 0 Å². The number of hydrogen-bond acceptors (Lipinski definition) is 4. The van der Waals surface area contributed by atoms with Crippen LogP contribution in [0.25, 0.3) is 17.2 Å². The number of aryl methyl sites for hydroxylation is 4. The van der Waals surface area contributed by atoms with E-state index in [1.165, 1.54) is 11.1 Å². The molecule has 0 bridgehead atoms. The molecule has 2 heterocycles. The highest BCUT2D eigenvalue weighted by Crippen LogP contribution is 2.24. The maximum Gasteiger partial charge on any atom is 0.181 e. The van der Waals surface area contributed by atoms with Gasteiger partial charge in [-0.3, -0.25) is 4.98 Å². The lowest BCUT2D eigenvalue weighted by molar-refractivity contribution is 0.296. The van der Waals surface area contributed by atoms with Crippen LogP contribution < -0.4 is 0 Å². The van der Waals surface area contributed by atoms with Crippen molar-refractivity contribution in [3.8, 4) is 17.2 Å². The lowest BCUT2D eigenvalue weighted by Gasteiger charge is -2.10. The first-order valence-corrected chi connectivity index (χ1v) is 8.07. The van der Waals surface area contributed by atoms with E-state index in [0.29, 0.717) is 18.1 Å². The summed E-state index contributed by atoms with van der Waals surface area (Å²) in [7, 11) is 0. The molecule has 0 fully saturated rings. The lowest BCUT2D eigenvalue weighted by atomic mass is 10.1. The van der Waals surface area contributed by atoms with Gasteiger partial charge < -0.3 is 5.11 Å². The minimum absolute atomic E-state index is 0.0245. The third-order valence-electron chi connectivity index (χ3n) is 4.17. The molecule has 3 aromatic rings. The number of benzene rings is 1. The Hall–Kier alpha value is -2.53. The van der Waals surface area contributed by atoms with Gasteiger partial charge in [-0.2, -0.15) is 5.10 Å². The molecule has 24 heavy (non-hydrogen) atoms. The van der Waals surface area contributed by atoms with Crippen LogP contribution in [0.2, 0.25) is 0 Å². The number of aliphatic hydroxyl groups excluding tert-OH is 1. The van der Waals surface area contributed by atoms with Gasteiger partial charge in [0.2, 0.25) is 0 Å². The van der Waals surface area contributed by atoms with E-state index in [2.05, 4.69) is 48.0 Å². The van der Waals surface area contributed by atoms with E-state index < -0.39 is 0 Å². The zero-order chi connectivity index (χ0) is 17.3. The molecule has 5 heteroatoms. The number of aliphatic hydroxyl groups is 1.